The monoisotopic (exact) mass is 1500 g/mol. The Hall–Kier alpha value is -10.7. The van der Waals surface area contributed by atoms with Crippen LogP contribution in [0.1, 0.15) is 220 Å². The molecule has 572 valence electrons. The van der Waals surface area contributed by atoms with Crippen molar-refractivity contribution in [3.8, 4) is 45.0 Å². The summed E-state index contributed by atoms with van der Waals surface area (Å²) in [5.41, 5.74) is 27.6. The molecule has 2 aliphatic carbocycles. The van der Waals surface area contributed by atoms with Crippen LogP contribution in [0, 0.1) is 88.5 Å². The minimum Gasteiger partial charge on any atom is -0.437 e. The summed E-state index contributed by atoms with van der Waals surface area (Å²) in [4.78, 5) is 18.7. The van der Waals surface area contributed by atoms with Crippen LogP contribution in [-0.4, -0.2) is 19.9 Å². The minimum absolute atomic E-state index is 0.00752. The fourth-order valence-corrected chi connectivity index (χ4v) is 15.9. The van der Waals surface area contributed by atoms with Gasteiger partial charge >= 0.3 is 0 Å². The van der Waals surface area contributed by atoms with Crippen molar-refractivity contribution in [3.05, 3.63) is 236 Å². The van der Waals surface area contributed by atoms with Crippen molar-refractivity contribution in [1.29, 1.82) is 0 Å². The van der Waals surface area contributed by atoms with Crippen LogP contribution >= 0.6 is 0 Å². The van der Waals surface area contributed by atoms with E-state index in [1.54, 1.807) is 18.2 Å². The van der Waals surface area contributed by atoms with Gasteiger partial charge in [-0.25, -0.2) is 38.2 Å². The van der Waals surface area contributed by atoms with Crippen LogP contribution in [0.5, 0.6) is 0 Å². The predicted molar refractivity (Wildman–Crippen MR) is 458 cm³/mol. The van der Waals surface area contributed by atoms with Crippen molar-refractivity contribution in [1.82, 2.24) is 19.9 Å². The summed E-state index contributed by atoms with van der Waals surface area (Å²) in [6, 6.07) is 40.3. The molecule has 18 rings (SSSR count). The second kappa shape index (κ2) is 30.1. The van der Waals surface area contributed by atoms with E-state index in [2.05, 4.69) is 228 Å². The van der Waals surface area contributed by atoms with Gasteiger partial charge in [0, 0.05) is 149 Å². The molecule has 4 aromatic carbocycles. The molecule has 2 aliphatic rings. The molecule has 2 fully saturated rings. The zero-order valence-electron chi connectivity index (χ0n) is 82.5. The smallest absolute Gasteiger partial charge is 0.227 e. The molecular weight excluding hydrogens is 1380 g/mol. The summed E-state index contributed by atoms with van der Waals surface area (Å²) in [5.74, 6) is -3.45. The topological polar surface area (TPSA) is 120 Å². The summed E-state index contributed by atoms with van der Waals surface area (Å²) in [6.45, 7) is 27.6. The van der Waals surface area contributed by atoms with Crippen molar-refractivity contribution < 1.29 is 55.1 Å². The average Bonchev–Trinajstić information content (AvgIpc) is 0.860. The van der Waals surface area contributed by atoms with Crippen LogP contribution in [-0.2, 0) is 40.0 Å². The highest BCUT2D eigenvalue weighted by molar-refractivity contribution is 6.12. The molecule has 12 aromatic heterocycles. The second-order valence-electron chi connectivity index (χ2n) is 32.6. The molecule has 0 N–H and O–H groups in total. The third-order valence-electron chi connectivity index (χ3n) is 22.7. The highest BCUT2D eigenvalue weighted by Crippen LogP contribution is 2.44. The number of hydrogen-bond acceptors (Lipinski definition) is 8. The summed E-state index contributed by atoms with van der Waals surface area (Å²) >= 11 is 0. The first kappa shape index (κ1) is 60.9. The number of aromatic nitrogens is 8. The number of furan rings is 4. The Morgan fingerprint density at radius 1 is 0.357 bits per heavy atom. The summed E-state index contributed by atoms with van der Waals surface area (Å²) in [5, 5.41) is 7.45. The quantitative estimate of drug-likeness (QED) is 0.145. The molecule has 1 atom stereocenters. The van der Waals surface area contributed by atoms with Crippen LogP contribution in [0.15, 0.2) is 164 Å². The fourth-order valence-electron chi connectivity index (χ4n) is 15.9. The van der Waals surface area contributed by atoms with Crippen LogP contribution < -0.4 is 18.3 Å². The normalized spacial score (nSPS) is 18.6. The Kier molecular flexibility index (Phi) is 16.4. The maximum absolute atomic E-state index is 9.00. The molecule has 112 heavy (non-hydrogen) atoms. The van der Waals surface area contributed by atoms with Gasteiger partial charge in [0.15, 0.2) is 47.1 Å². The van der Waals surface area contributed by atoms with Gasteiger partial charge in [-0.05, 0) is 213 Å². The van der Waals surface area contributed by atoms with Gasteiger partial charge in [-0.1, -0.05) is 122 Å². The van der Waals surface area contributed by atoms with E-state index in [4.69, 9.17) is 41.8 Å². The molecule has 12 heteroatoms. The molecule has 12 heterocycles. The lowest BCUT2D eigenvalue weighted by molar-refractivity contribution is -0.660. The number of pyridine rings is 8. The van der Waals surface area contributed by atoms with Crippen LogP contribution in [0.3, 0.4) is 0 Å². The molecule has 0 aliphatic heterocycles. The van der Waals surface area contributed by atoms with E-state index in [0.717, 1.165) is 127 Å². The number of hydrogen-bond donors (Lipinski definition) is 0. The summed E-state index contributed by atoms with van der Waals surface area (Å²) < 4.78 is 149. The fraction of sp³-hybridized carbons (Fsp3) is 0.360. The zero-order valence-corrected chi connectivity index (χ0v) is 68.5. The minimum atomic E-state index is -2.68. The van der Waals surface area contributed by atoms with E-state index in [-0.39, 0.29) is 30.4 Å². The van der Waals surface area contributed by atoms with Gasteiger partial charge in [0.25, 0.3) is 0 Å². The van der Waals surface area contributed by atoms with Crippen molar-refractivity contribution in [2.24, 2.45) is 33.6 Å². The van der Waals surface area contributed by atoms with Crippen LogP contribution in [0.25, 0.3) is 133 Å². The van der Waals surface area contributed by atoms with E-state index in [1.807, 2.05) is 65.3 Å². The van der Waals surface area contributed by atoms with Crippen LogP contribution in [0.4, 0.5) is 0 Å². The SMILES string of the molecule is Cc1cc(-c2c(C)ccc3c2oc2nc(C(C)(C)C)ccc23)[n+](C)cc1C.[2H]C([2H])([2H])C(C)(Cc1ccc2c(n1)oc1c(-c3cc(C)c(C)c[n+]3C)c(C)ccc12)C([2H])([2H])[2H].[2H]C1([2H])CCCC([2H])([2H])C1([2H])c1ccc2c(n1)oc1c(-c3cc(C)c(C)c[n+]3C)c(C)ccc12.[2H]C1([2H])CCCC1([2H])c1ccc2c(n1)oc1c(-c3cc(C)c(C)c[n+]3C)c(C)ccc12. The molecule has 16 aromatic rings. The van der Waals surface area contributed by atoms with E-state index in [1.165, 1.54) is 57.0 Å². The average molecular weight is 1500 g/mol. The molecule has 0 amide bonds. The Morgan fingerprint density at radius 2 is 0.670 bits per heavy atom. The lowest BCUT2D eigenvalue weighted by Crippen LogP contribution is -2.31. The third kappa shape index (κ3) is 14.7. The van der Waals surface area contributed by atoms with Crippen LogP contribution in [0.2, 0.25) is 0 Å². The predicted octanol–water partition coefficient (Wildman–Crippen LogP) is 24.2. The molecule has 0 spiro atoms. The van der Waals surface area contributed by atoms with Crippen molar-refractivity contribution in [3.63, 3.8) is 0 Å². The molecule has 0 saturated heterocycles. The molecule has 1 unspecified atom stereocenters. The number of rotatable bonds is 7. The van der Waals surface area contributed by atoms with Gasteiger partial charge in [-0.3, -0.25) is 0 Å². The number of fused-ring (bicyclic) bond motifs is 12. The Balaban J connectivity index is 0.000000130. The summed E-state index contributed by atoms with van der Waals surface area (Å²) in [7, 11) is 8.16. The first-order valence-electron chi connectivity index (χ1n) is 46.0. The van der Waals surface area contributed by atoms with Gasteiger partial charge < -0.3 is 17.7 Å². The lowest BCUT2D eigenvalue weighted by atomic mass is 9.86. The maximum atomic E-state index is 9.00. The molecule has 2 saturated carbocycles. The molecule has 12 nitrogen and oxygen atoms in total. The number of nitrogens with zero attached hydrogens (tertiary/aromatic N) is 8. The van der Waals surface area contributed by atoms with Gasteiger partial charge in [0.2, 0.25) is 45.6 Å². The molecule has 0 radical (unpaired) electrons. The number of benzene rings is 4. The highest BCUT2D eigenvalue weighted by Gasteiger charge is 2.30. The van der Waals surface area contributed by atoms with Gasteiger partial charge in [0.05, 0.1) is 22.3 Å². The van der Waals surface area contributed by atoms with Gasteiger partial charge in [-0.15, -0.1) is 0 Å². The van der Waals surface area contributed by atoms with E-state index in [9.17, 15) is 0 Å². The Bertz CT molecular complexity index is 7080. The Morgan fingerprint density at radius 3 is 1.02 bits per heavy atom. The molecule has 0 bridgehead atoms. The van der Waals surface area contributed by atoms with E-state index < -0.39 is 50.0 Å². The second-order valence-corrected chi connectivity index (χ2v) is 32.6. The van der Waals surface area contributed by atoms with Gasteiger partial charge in [-0.2, -0.15) is 0 Å². The third-order valence-corrected chi connectivity index (χ3v) is 22.7. The van der Waals surface area contributed by atoms with Gasteiger partial charge in [0.1, 0.15) is 28.2 Å². The zero-order chi connectivity index (χ0) is 91.5. The number of aryl methyl sites for hydroxylation is 16. The van der Waals surface area contributed by atoms with Crippen molar-refractivity contribution >= 4 is 88.3 Å². The highest BCUT2D eigenvalue weighted by atomic mass is 16.4. The van der Waals surface area contributed by atoms with E-state index >= 15 is 0 Å². The first-order chi connectivity index (χ1) is 58.8. The van der Waals surface area contributed by atoms with Crippen molar-refractivity contribution in [2.45, 2.75) is 206 Å². The van der Waals surface area contributed by atoms with Crippen molar-refractivity contribution in [2.75, 3.05) is 0 Å². The first-order valence-corrected chi connectivity index (χ1v) is 39.0. The maximum Gasteiger partial charge on any atom is 0.227 e. The lowest BCUT2D eigenvalue weighted by Gasteiger charge is -2.20. The van der Waals surface area contributed by atoms with E-state index in [0.29, 0.717) is 65.4 Å². The summed E-state index contributed by atoms with van der Waals surface area (Å²) in [6.07, 6.45) is 4.83. The molecular formula is C100H112N8O4+4. The standard InChI is InChI=1S/C26H29N2O.C25H27N2O.C25H29N2O.C24H27N2O/c1-16-10-11-20-21-12-13-22(19-8-6-5-7-9-19)27-26(21)29-25(20)24(16)23-14-17(2)18(3)15-28(23)4;1-15-9-10-19-20-11-12-21(18-7-5-6-8-18)26-25(20)28-24(19)23(15)22-13-16(2)17(3)14-27(22)4;1-15-8-10-19-20-11-9-18(13-25(4,5)6)26-24(20)28-23(19)22(15)21-12-16(2)17(3)14-27(21)7;1-14-8-9-17-18-10-11-20(24(4,5)6)25-23(18)27-22(17)21(14)19-12-15(2)16(3)13-26(19)7/h10-15,19H,5-9H2,1-4H3;9-14,18H,5-8H2,1-4H3;8-12,14H,13H2,1-7H3;8-13H,1-7H3/q4*+1/i8D2,9D2,19D;7D2,18D;4D3,5D3;. The largest absolute Gasteiger partial charge is 0.437 e. The Labute approximate surface area is 680 Å².